The number of ether oxygens (including phenoxy) is 2. The predicted molar refractivity (Wildman–Crippen MR) is 124 cm³/mol. The second-order valence-corrected chi connectivity index (χ2v) is 10.8. The van der Waals surface area contributed by atoms with Gasteiger partial charge in [0.1, 0.15) is 5.75 Å². The third kappa shape index (κ3) is 6.60. The number of halogens is 3. The second kappa shape index (κ2) is 11.0. The lowest BCUT2D eigenvalue weighted by Crippen LogP contribution is -2.45. The first-order valence-corrected chi connectivity index (χ1v) is 13.2. The topological polar surface area (TPSA) is 114 Å². The Bertz CT molecular complexity index is 1190. The molecule has 1 amide bonds. The molecule has 2 aromatic carbocycles. The molecule has 1 unspecified atom stereocenters. The Hall–Kier alpha value is -2.71. The fourth-order valence-corrected chi connectivity index (χ4v) is 5.98. The quantitative estimate of drug-likeness (QED) is 0.514. The van der Waals surface area contributed by atoms with Crippen molar-refractivity contribution < 1.29 is 45.8 Å². The summed E-state index contributed by atoms with van der Waals surface area (Å²) >= 11 is 0. The lowest BCUT2D eigenvalue weighted by Gasteiger charge is -2.38. The van der Waals surface area contributed by atoms with Gasteiger partial charge in [0.2, 0.25) is 10.0 Å². The van der Waals surface area contributed by atoms with Gasteiger partial charge in [0.05, 0.1) is 16.1 Å². The van der Waals surface area contributed by atoms with Crippen LogP contribution in [0, 0.1) is 0 Å². The van der Waals surface area contributed by atoms with Gasteiger partial charge in [-0.3, -0.25) is 4.79 Å². The molecule has 0 bridgehead atoms. The van der Waals surface area contributed by atoms with Crippen LogP contribution in [0.25, 0.3) is 0 Å². The van der Waals surface area contributed by atoms with Gasteiger partial charge in [-0.15, -0.1) is 13.2 Å². The summed E-state index contributed by atoms with van der Waals surface area (Å²) in [7, 11) is -4.11. The normalized spacial score (nSPS) is 20.8. The molecule has 2 aromatic rings. The molecule has 0 aliphatic carbocycles. The molecule has 1 atom stereocenters. The first-order valence-electron chi connectivity index (χ1n) is 11.7. The Labute approximate surface area is 212 Å². The Kier molecular flexibility index (Phi) is 8.09. The number of sulfonamides is 1. The number of nitrogens with one attached hydrogen (secondary N) is 1. The lowest BCUT2D eigenvalue weighted by molar-refractivity contribution is -0.274. The highest BCUT2D eigenvalue weighted by atomic mass is 32.2. The molecule has 13 heteroatoms. The average molecular weight is 545 g/mol. The minimum atomic E-state index is -4.83. The number of alkyl halides is 3. The van der Waals surface area contributed by atoms with Gasteiger partial charge in [-0.1, -0.05) is 24.3 Å². The molecule has 2 N–H and O–H groups in total. The van der Waals surface area contributed by atoms with Gasteiger partial charge in [0, 0.05) is 26.1 Å². The fraction of sp³-hybridized carbons (Fsp3) is 0.458. The van der Waals surface area contributed by atoms with Crippen LogP contribution < -0.4 is 10.2 Å². The molecule has 4 rings (SSSR count). The Morgan fingerprint density at radius 2 is 1.76 bits per heavy atom. The summed E-state index contributed by atoms with van der Waals surface area (Å²) < 4.78 is 74.5. The first kappa shape index (κ1) is 27.3. The molecular weight excluding hydrogens is 517 g/mol. The Balaban J connectivity index is 1.43. The molecule has 2 aliphatic heterocycles. The fourth-order valence-electron chi connectivity index (χ4n) is 4.35. The molecule has 2 fully saturated rings. The van der Waals surface area contributed by atoms with Crippen molar-refractivity contribution in [1.82, 2.24) is 9.79 Å². The van der Waals surface area contributed by atoms with Gasteiger partial charge in [-0.25, -0.2) is 18.7 Å². The predicted octanol–water partition coefficient (Wildman–Crippen LogP) is 3.45. The zero-order chi connectivity index (χ0) is 26.7. The Morgan fingerprint density at radius 3 is 2.38 bits per heavy atom. The van der Waals surface area contributed by atoms with E-state index in [1.54, 1.807) is 0 Å². The van der Waals surface area contributed by atoms with E-state index in [4.69, 9.17) is 9.57 Å². The van der Waals surface area contributed by atoms with Gasteiger partial charge in [0.25, 0.3) is 5.91 Å². The molecule has 0 saturated carbocycles. The van der Waals surface area contributed by atoms with Crippen molar-refractivity contribution in [2.45, 2.75) is 55.3 Å². The number of hydrogen-bond acceptors (Lipinski definition) is 7. The van der Waals surface area contributed by atoms with E-state index in [0.29, 0.717) is 18.6 Å². The van der Waals surface area contributed by atoms with Crippen molar-refractivity contribution >= 4 is 15.9 Å². The van der Waals surface area contributed by atoms with Crippen LogP contribution in [0.4, 0.5) is 13.2 Å². The minimum Gasteiger partial charge on any atom is -0.406 e. The van der Waals surface area contributed by atoms with Gasteiger partial charge in [-0.05, 0) is 55.5 Å². The van der Waals surface area contributed by atoms with E-state index in [2.05, 4.69) is 10.2 Å². The number of carbonyl (C=O) groups excluding carboxylic acids is 1. The van der Waals surface area contributed by atoms with Gasteiger partial charge in [0.15, 0.2) is 6.29 Å². The van der Waals surface area contributed by atoms with E-state index in [9.17, 15) is 31.5 Å². The van der Waals surface area contributed by atoms with Gasteiger partial charge < -0.3 is 14.6 Å². The van der Waals surface area contributed by atoms with E-state index in [-0.39, 0.29) is 36.4 Å². The van der Waals surface area contributed by atoms with Crippen molar-refractivity contribution in [3.63, 3.8) is 0 Å². The summed E-state index contributed by atoms with van der Waals surface area (Å²) in [5.41, 5.74) is 1.08. The summed E-state index contributed by atoms with van der Waals surface area (Å²) in [4.78, 5) is 17.8. The number of benzene rings is 2. The summed E-state index contributed by atoms with van der Waals surface area (Å²) in [5, 5.41) is 11.1. The maximum atomic E-state index is 13.4. The molecule has 0 aromatic heterocycles. The number of carbonyl (C=O) groups is 1. The van der Waals surface area contributed by atoms with E-state index in [1.165, 1.54) is 40.7 Å². The smallest absolute Gasteiger partial charge is 0.406 e. The maximum Gasteiger partial charge on any atom is 0.573 e. The molecular formula is C24H27F3N2O7S. The van der Waals surface area contributed by atoms with Crippen molar-refractivity contribution in [3.05, 3.63) is 59.7 Å². The number of amides is 1. The molecule has 0 radical (unpaired) electrons. The van der Waals surface area contributed by atoms with Crippen molar-refractivity contribution in [2.75, 3.05) is 19.7 Å². The molecule has 202 valence electrons. The Morgan fingerprint density at radius 1 is 1.08 bits per heavy atom. The lowest BCUT2D eigenvalue weighted by atomic mass is 9.85. The van der Waals surface area contributed by atoms with Crippen LogP contribution in [0.5, 0.6) is 5.75 Å². The molecule has 9 nitrogen and oxygen atoms in total. The van der Waals surface area contributed by atoms with Crippen LogP contribution in [-0.4, -0.2) is 56.1 Å². The van der Waals surface area contributed by atoms with E-state index >= 15 is 0 Å². The van der Waals surface area contributed by atoms with Gasteiger partial charge >= 0.3 is 6.36 Å². The molecule has 2 heterocycles. The molecule has 2 aliphatic rings. The largest absolute Gasteiger partial charge is 0.573 e. The molecule has 37 heavy (non-hydrogen) atoms. The average Bonchev–Trinajstić information content (AvgIpc) is 2.87. The molecule has 0 spiro atoms. The first-order chi connectivity index (χ1) is 17.5. The highest BCUT2D eigenvalue weighted by Gasteiger charge is 2.39. The third-order valence-corrected chi connectivity index (χ3v) is 8.30. The maximum absolute atomic E-state index is 13.4. The van der Waals surface area contributed by atoms with Crippen LogP contribution in [0.15, 0.2) is 53.4 Å². The van der Waals surface area contributed by atoms with Crippen molar-refractivity contribution in [3.8, 4) is 5.75 Å². The van der Waals surface area contributed by atoms with Gasteiger partial charge in [-0.2, -0.15) is 4.31 Å². The number of hydroxylamine groups is 1. The van der Waals surface area contributed by atoms with Crippen LogP contribution in [-0.2, 0) is 25.2 Å². The number of rotatable bonds is 7. The minimum absolute atomic E-state index is 0.00218. The SMILES string of the molecule is O=C(NOC1CCCCO1)c1ccccc1S(=O)(=O)N1CCC(O)(c2ccc(OC(F)(F)F)cc2)CC1. The van der Waals surface area contributed by atoms with E-state index < -0.39 is 39.9 Å². The standard InChI is InChI=1S/C24H27F3N2O7S/c25-24(26,27)35-18-10-8-17(9-11-18)23(31)12-14-29(15-13-23)37(32,33)20-6-2-1-5-19(20)22(30)28-36-21-7-3-4-16-34-21/h1-2,5-6,8-11,21,31H,3-4,7,12-16H2,(H,28,30). The van der Waals surface area contributed by atoms with E-state index in [1.807, 2.05) is 0 Å². The second-order valence-electron chi connectivity index (χ2n) is 8.85. The van der Waals surface area contributed by atoms with Crippen LogP contribution in [0.3, 0.4) is 0 Å². The summed E-state index contributed by atoms with van der Waals surface area (Å²) in [6, 6.07) is 10.6. The van der Waals surface area contributed by atoms with Crippen LogP contribution in [0.2, 0.25) is 0 Å². The highest BCUT2D eigenvalue weighted by molar-refractivity contribution is 7.89. The highest BCUT2D eigenvalue weighted by Crippen LogP contribution is 2.36. The molecule has 2 saturated heterocycles. The van der Waals surface area contributed by atoms with Crippen molar-refractivity contribution in [2.24, 2.45) is 0 Å². The number of aliphatic hydroxyl groups is 1. The van der Waals surface area contributed by atoms with Crippen molar-refractivity contribution in [1.29, 1.82) is 0 Å². The van der Waals surface area contributed by atoms with Crippen LogP contribution in [0.1, 0.15) is 48.0 Å². The number of piperidine rings is 1. The number of hydrogen-bond donors (Lipinski definition) is 2. The van der Waals surface area contributed by atoms with Crippen LogP contribution >= 0.6 is 0 Å². The summed E-state index contributed by atoms with van der Waals surface area (Å²) in [6.07, 6.45) is -3.04. The number of nitrogens with zero attached hydrogens (tertiary/aromatic N) is 1. The summed E-state index contributed by atoms with van der Waals surface area (Å²) in [5.74, 6) is -1.16. The van der Waals surface area contributed by atoms with E-state index in [0.717, 1.165) is 25.0 Å². The zero-order valence-electron chi connectivity index (χ0n) is 19.7. The zero-order valence-corrected chi connectivity index (χ0v) is 20.6. The monoisotopic (exact) mass is 544 g/mol. The summed E-state index contributed by atoms with van der Waals surface area (Å²) in [6.45, 7) is 0.377. The third-order valence-electron chi connectivity index (χ3n) is 6.35.